The quantitative estimate of drug-likeness (QED) is 0.648. The van der Waals surface area contributed by atoms with Crippen LogP contribution in [0.1, 0.15) is 21.6 Å². The van der Waals surface area contributed by atoms with E-state index in [9.17, 15) is 4.79 Å². The van der Waals surface area contributed by atoms with E-state index in [2.05, 4.69) is 4.98 Å². The molecule has 0 saturated carbocycles. The van der Waals surface area contributed by atoms with Gasteiger partial charge >= 0.3 is 0 Å². The molecular weight excluding hydrogens is 270 g/mol. The summed E-state index contributed by atoms with van der Waals surface area (Å²) in [4.78, 5) is 15.4. The lowest BCUT2D eigenvalue weighted by Crippen LogP contribution is -1.86. The number of aromatic nitrogens is 1. The van der Waals surface area contributed by atoms with Gasteiger partial charge in [-0.05, 0) is 29.8 Å². The number of carbonyl (C=O) groups excluding carboxylic acids is 1. The molecule has 0 N–H and O–H groups in total. The van der Waals surface area contributed by atoms with E-state index in [1.807, 2.05) is 78.9 Å². The minimum Gasteiger partial charge on any atom is -0.298 e. The van der Waals surface area contributed by atoms with Crippen LogP contribution in [0, 0.1) is 0 Å². The van der Waals surface area contributed by atoms with Crippen LogP contribution < -0.4 is 0 Å². The molecule has 0 aliphatic carbocycles. The van der Waals surface area contributed by atoms with Crippen LogP contribution in [-0.4, -0.2) is 11.3 Å². The van der Waals surface area contributed by atoms with Crippen molar-refractivity contribution in [2.45, 2.75) is 0 Å². The van der Waals surface area contributed by atoms with E-state index in [0.29, 0.717) is 5.56 Å². The second kappa shape index (κ2) is 6.64. The monoisotopic (exact) mass is 285 g/mol. The second-order valence-electron chi connectivity index (χ2n) is 4.94. The minimum absolute atomic E-state index is 0.674. The third-order valence-corrected chi connectivity index (χ3v) is 3.33. The summed E-state index contributed by atoms with van der Waals surface area (Å²) in [7, 11) is 0. The highest BCUT2D eigenvalue weighted by Gasteiger charge is 1.98. The van der Waals surface area contributed by atoms with Gasteiger partial charge in [0.1, 0.15) is 6.29 Å². The molecule has 0 spiro atoms. The van der Waals surface area contributed by atoms with E-state index in [0.717, 1.165) is 28.8 Å². The molecule has 1 aromatic heterocycles. The van der Waals surface area contributed by atoms with Gasteiger partial charge in [-0.25, -0.2) is 4.98 Å². The van der Waals surface area contributed by atoms with Crippen molar-refractivity contribution >= 4 is 18.4 Å². The van der Waals surface area contributed by atoms with Crippen molar-refractivity contribution in [2.75, 3.05) is 0 Å². The summed E-state index contributed by atoms with van der Waals surface area (Å²) in [5.74, 6) is 0. The molecule has 1 heterocycles. The lowest BCUT2D eigenvalue weighted by Gasteiger charge is -2.02. The van der Waals surface area contributed by atoms with E-state index in [4.69, 9.17) is 0 Å². The normalized spacial score (nSPS) is 10.7. The molecule has 0 unspecified atom stereocenters. The molecule has 106 valence electrons. The Morgan fingerprint density at radius 1 is 0.727 bits per heavy atom. The molecule has 0 radical (unpaired) electrons. The standard InChI is InChI=1S/C20H15NO/c22-15-17-7-4-6-16(14-17)12-13-19-10-5-11-20(21-19)18-8-2-1-3-9-18/h1-15H/b13-12+. The molecule has 3 aromatic rings. The molecule has 0 atom stereocenters. The first-order valence-corrected chi connectivity index (χ1v) is 7.11. The zero-order valence-electron chi connectivity index (χ0n) is 12.0. The predicted octanol–water partition coefficient (Wildman–Crippen LogP) is 4.73. The third kappa shape index (κ3) is 3.36. The zero-order chi connectivity index (χ0) is 15.2. The number of carbonyl (C=O) groups is 1. The highest BCUT2D eigenvalue weighted by molar-refractivity contribution is 5.78. The summed E-state index contributed by atoms with van der Waals surface area (Å²) < 4.78 is 0. The Morgan fingerprint density at radius 3 is 2.32 bits per heavy atom. The Morgan fingerprint density at radius 2 is 1.50 bits per heavy atom. The number of pyridine rings is 1. The van der Waals surface area contributed by atoms with Crippen LogP contribution >= 0.6 is 0 Å². The molecule has 0 fully saturated rings. The summed E-state index contributed by atoms with van der Waals surface area (Å²) in [6.45, 7) is 0. The van der Waals surface area contributed by atoms with E-state index in [-0.39, 0.29) is 0 Å². The number of nitrogens with zero attached hydrogens (tertiary/aromatic N) is 1. The van der Waals surface area contributed by atoms with Crippen molar-refractivity contribution in [1.29, 1.82) is 0 Å². The average Bonchev–Trinajstić information content (AvgIpc) is 2.61. The lowest BCUT2D eigenvalue weighted by molar-refractivity contribution is 0.112. The Hall–Kier alpha value is -3.00. The maximum absolute atomic E-state index is 10.8. The zero-order valence-corrected chi connectivity index (χ0v) is 12.0. The van der Waals surface area contributed by atoms with Crippen molar-refractivity contribution < 1.29 is 4.79 Å². The highest BCUT2D eigenvalue weighted by atomic mass is 16.1. The largest absolute Gasteiger partial charge is 0.298 e. The van der Waals surface area contributed by atoms with Gasteiger partial charge in [-0.15, -0.1) is 0 Å². The van der Waals surface area contributed by atoms with Crippen LogP contribution in [0.2, 0.25) is 0 Å². The SMILES string of the molecule is O=Cc1cccc(/C=C/c2cccc(-c3ccccc3)n2)c1. The topological polar surface area (TPSA) is 30.0 Å². The molecule has 0 aliphatic rings. The van der Waals surface area contributed by atoms with Crippen molar-refractivity contribution in [1.82, 2.24) is 4.98 Å². The van der Waals surface area contributed by atoms with Crippen LogP contribution in [0.5, 0.6) is 0 Å². The van der Waals surface area contributed by atoms with E-state index in [1.54, 1.807) is 6.07 Å². The molecule has 2 heteroatoms. The summed E-state index contributed by atoms with van der Waals surface area (Å²) in [5, 5.41) is 0. The molecule has 0 amide bonds. The average molecular weight is 285 g/mol. The van der Waals surface area contributed by atoms with E-state index >= 15 is 0 Å². The summed E-state index contributed by atoms with van der Waals surface area (Å²) in [6, 6.07) is 23.5. The van der Waals surface area contributed by atoms with Crippen LogP contribution in [0.4, 0.5) is 0 Å². The Balaban J connectivity index is 1.86. The second-order valence-corrected chi connectivity index (χ2v) is 4.94. The van der Waals surface area contributed by atoms with Crippen molar-refractivity contribution in [3.63, 3.8) is 0 Å². The van der Waals surface area contributed by atoms with Crippen LogP contribution in [0.25, 0.3) is 23.4 Å². The lowest BCUT2D eigenvalue weighted by atomic mass is 10.1. The summed E-state index contributed by atoms with van der Waals surface area (Å²) >= 11 is 0. The Labute approximate surface area is 129 Å². The maximum atomic E-state index is 10.8. The fraction of sp³-hybridized carbons (Fsp3) is 0. The first-order valence-electron chi connectivity index (χ1n) is 7.11. The fourth-order valence-corrected chi connectivity index (χ4v) is 2.23. The summed E-state index contributed by atoms with van der Waals surface area (Å²) in [6.07, 6.45) is 4.77. The van der Waals surface area contributed by atoms with Crippen LogP contribution in [0.3, 0.4) is 0 Å². The first-order chi connectivity index (χ1) is 10.8. The van der Waals surface area contributed by atoms with E-state index < -0.39 is 0 Å². The number of rotatable bonds is 4. The Bertz CT molecular complexity index is 807. The molecule has 2 aromatic carbocycles. The number of aldehydes is 1. The number of hydrogen-bond acceptors (Lipinski definition) is 2. The van der Waals surface area contributed by atoms with Crippen molar-refractivity contribution in [2.24, 2.45) is 0 Å². The molecular formula is C20H15NO. The van der Waals surface area contributed by atoms with Gasteiger partial charge in [-0.2, -0.15) is 0 Å². The van der Waals surface area contributed by atoms with Crippen molar-refractivity contribution in [3.05, 3.63) is 89.6 Å². The van der Waals surface area contributed by atoms with Gasteiger partial charge < -0.3 is 0 Å². The molecule has 3 rings (SSSR count). The Kier molecular flexibility index (Phi) is 4.21. The molecule has 0 aliphatic heterocycles. The first kappa shape index (κ1) is 14.0. The molecule has 0 saturated heterocycles. The molecule has 2 nitrogen and oxygen atoms in total. The number of hydrogen-bond donors (Lipinski definition) is 0. The highest BCUT2D eigenvalue weighted by Crippen LogP contribution is 2.17. The van der Waals surface area contributed by atoms with Gasteiger partial charge in [0.15, 0.2) is 0 Å². The third-order valence-electron chi connectivity index (χ3n) is 3.33. The summed E-state index contributed by atoms with van der Waals surface area (Å²) in [5.41, 5.74) is 4.59. The van der Waals surface area contributed by atoms with Crippen molar-refractivity contribution in [3.8, 4) is 11.3 Å². The van der Waals surface area contributed by atoms with Crippen LogP contribution in [0.15, 0.2) is 72.8 Å². The maximum Gasteiger partial charge on any atom is 0.150 e. The fourth-order valence-electron chi connectivity index (χ4n) is 2.23. The number of benzene rings is 2. The predicted molar refractivity (Wildman–Crippen MR) is 90.4 cm³/mol. The van der Waals surface area contributed by atoms with Gasteiger partial charge in [0.25, 0.3) is 0 Å². The van der Waals surface area contributed by atoms with Gasteiger partial charge in [0.05, 0.1) is 11.4 Å². The van der Waals surface area contributed by atoms with Gasteiger partial charge in [-0.3, -0.25) is 4.79 Å². The molecule has 22 heavy (non-hydrogen) atoms. The van der Waals surface area contributed by atoms with Crippen LogP contribution in [-0.2, 0) is 0 Å². The van der Waals surface area contributed by atoms with E-state index in [1.165, 1.54) is 0 Å². The van der Waals surface area contributed by atoms with Gasteiger partial charge in [0.2, 0.25) is 0 Å². The van der Waals surface area contributed by atoms with Gasteiger partial charge in [0, 0.05) is 11.1 Å². The van der Waals surface area contributed by atoms with Gasteiger partial charge in [-0.1, -0.05) is 60.7 Å². The minimum atomic E-state index is 0.674. The smallest absolute Gasteiger partial charge is 0.150 e. The molecule has 0 bridgehead atoms.